The zero-order valence-electron chi connectivity index (χ0n) is 15.5. The Morgan fingerprint density at radius 3 is 2.68 bits per heavy atom. The van der Waals surface area contributed by atoms with Crippen LogP contribution >= 0.6 is 0 Å². The van der Waals surface area contributed by atoms with Gasteiger partial charge in [-0.1, -0.05) is 30.3 Å². The summed E-state index contributed by atoms with van der Waals surface area (Å²) in [7, 11) is -3.54. The number of nitrogens with one attached hydrogen (secondary N) is 1. The fraction of sp³-hybridized carbons (Fsp3) is 0.316. The third-order valence-corrected chi connectivity index (χ3v) is 5.65. The Bertz CT molecular complexity index is 1150. The molecule has 4 rings (SSSR count). The molecule has 0 saturated heterocycles. The monoisotopic (exact) mass is 399 g/mol. The van der Waals surface area contributed by atoms with Crippen LogP contribution in [-0.4, -0.2) is 45.9 Å². The Hall–Kier alpha value is -2.78. The van der Waals surface area contributed by atoms with Crippen molar-refractivity contribution in [1.82, 2.24) is 24.6 Å². The summed E-state index contributed by atoms with van der Waals surface area (Å²) in [6, 6.07) is 10.1. The van der Waals surface area contributed by atoms with Crippen LogP contribution in [0.15, 0.2) is 52.7 Å². The van der Waals surface area contributed by atoms with E-state index in [-0.39, 0.29) is 10.7 Å². The summed E-state index contributed by atoms with van der Waals surface area (Å²) in [6.45, 7) is 2.52. The standard InChI is InChI=1S/C19H21N5O3S/c1-28(26,27)19-21-17-7-8-23(13-16(17)18(25)22-19)10-15-9-20-24(12-15)11-14-5-3-2-4-6-14/h2-6,9,12H,7-8,10-11,13H2,1H3,(H,21,22,25). The SMILES string of the molecule is CS(=O)(=O)c1nc2c(c(=O)[nH]1)CN(Cc1cnn(Cc3ccccc3)c1)CC2. The van der Waals surface area contributed by atoms with E-state index in [1.807, 2.05) is 35.3 Å². The number of H-pyrrole nitrogens is 1. The molecule has 0 unspecified atom stereocenters. The van der Waals surface area contributed by atoms with E-state index >= 15 is 0 Å². The van der Waals surface area contributed by atoms with E-state index in [0.717, 1.165) is 11.8 Å². The van der Waals surface area contributed by atoms with Gasteiger partial charge in [-0.05, 0) is 5.56 Å². The number of aromatic nitrogens is 4. The summed E-state index contributed by atoms with van der Waals surface area (Å²) in [6.07, 6.45) is 5.44. The van der Waals surface area contributed by atoms with Crippen molar-refractivity contribution >= 4 is 9.84 Å². The smallest absolute Gasteiger partial charge is 0.256 e. The zero-order valence-corrected chi connectivity index (χ0v) is 16.3. The van der Waals surface area contributed by atoms with Gasteiger partial charge in [-0.3, -0.25) is 19.4 Å². The molecule has 2 aromatic heterocycles. The summed E-state index contributed by atoms with van der Waals surface area (Å²) in [4.78, 5) is 21.0. The number of nitrogens with zero attached hydrogens (tertiary/aromatic N) is 4. The van der Waals surface area contributed by atoms with Gasteiger partial charge in [-0.15, -0.1) is 0 Å². The first-order chi connectivity index (χ1) is 13.4. The zero-order chi connectivity index (χ0) is 19.7. The molecule has 0 saturated carbocycles. The van der Waals surface area contributed by atoms with Crippen LogP contribution in [-0.2, 0) is 35.9 Å². The second kappa shape index (κ2) is 7.33. The van der Waals surface area contributed by atoms with Gasteiger partial charge in [-0.25, -0.2) is 13.4 Å². The highest BCUT2D eigenvalue weighted by atomic mass is 32.2. The average molecular weight is 399 g/mol. The lowest BCUT2D eigenvalue weighted by atomic mass is 10.1. The van der Waals surface area contributed by atoms with E-state index in [1.165, 1.54) is 5.56 Å². The van der Waals surface area contributed by atoms with Crippen LogP contribution in [0, 0.1) is 0 Å². The summed E-state index contributed by atoms with van der Waals surface area (Å²) in [5.74, 6) is 0. The van der Waals surface area contributed by atoms with Crippen molar-refractivity contribution < 1.29 is 8.42 Å². The topological polar surface area (TPSA) is 101 Å². The number of rotatable bonds is 5. The number of sulfone groups is 1. The third kappa shape index (κ3) is 4.05. The molecule has 0 bridgehead atoms. The molecule has 146 valence electrons. The van der Waals surface area contributed by atoms with Crippen LogP contribution in [0.1, 0.15) is 22.4 Å². The lowest BCUT2D eigenvalue weighted by molar-refractivity contribution is 0.241. The number of fused-ring (bicyclic) bond motifs is 1. The van der Waals surface area contributed by atoms with Crippen LogP contribution in [0.3, 0.4) is 0 Å². The van der Waals surface area contributed by atoms with E-state index in [2.05, 4.69) is 32.1 Å². The number of aromatic amines is 1. The maximum absolute atomic E-state index is 12.3. The van der Waals surface area contributed by atoms with Crippen molar-refractivity contribution in [3.05, 3.63) is 75.5 Å². The van der Waals surface area contributed by atoms with Crippen LogP contribution in [0.2, 0.25) is 0 Å². The van der Waals surface area contributed by atoms with Crippen molar-refractivity contribution in [3.63, 3.8) is 0 Å². The van der Waals surface area contributed by atoms with Crippen LogP contribution in [0.5, 0.6) is 0 Å². The number of hydrogen-bond donors (Lipinski definition) is 1. The second-order valence-electron chi connectivity index (χ2n) is 7.06. The number of hydrogen-bond acceptors (Lipinski definition) is 6. The first-order valence-corrected chi connectivity index (χ1v) is 10.9. The van der Waals surface area contributed by atoms with E-state index in [1.54, 1.807) is 0 Å². The molecule has 0 amide bonds. The predicted octanol–water partition coefficient (Wildman–Crippen LogP) is 0.976. The molecule has 1 aliphatic heterocycles. The minimum absolute atomic E-state index is 0.258. The molecule has 3 aromatic rings. The predicted molar refractivity (Wildman–Crippen MR) is 104 cm³/mol. The molecule has 0 fully saturated rings. The molecular weight excluding hydrogens is 378 g/mol. The summed E-state index contributed by atoms with van der Waals surface area (Å²) >= 11 is 0. The highest BCUT2D eigenvalue weighted by molar-refractivity contribution is 7.90. The Balaban J connectivity index is 1.46. The largest absolute Gasteiger partial charge is 0.297 e. The number of benzene rings is 1. The van der Waals surface area contributed by atoms with Crippen LogP contribution in [0.4, 0.5) is 0 Å². The van der Waals surface area contributed by atoms with Gasteiger partial charge in [0.2, 0.25) is 15.0 Å². The Morgan fingerprint density at radius 1 is 1.14 bits per heavy atom. The maximum Gasteiger partial charge on any atom is 0.256 e. The van der Waals surface area contributed by atoms with Gasteiger partial charge in [0.1, 0.15) is 0 Å². The van der Waals surface area contributed by atoms with Crippen molar-refractivity contribution in [3.8, 4) is 0 Å². The van der Waals surface area contributed by atoms with Crippen molar-refractivity contribution in [2.24, 2.45) is 0 Å². The second-order valence-corrected chi connectivity index (χ2v) is 8.99. The normalized spacial score (nSPS) is 14.8. The van der Waals surface area contributed by atoms with E-state index < -0.39 is 9.84 Å². The lowest BCUT2D eigenvalue weighted by Crippen LogP contribution is -2.36. The maximum atomic E-state index is 12.3. The minimum atomic E-state index is -3.54. The van der Waals surface area contributed by atoms with Gasteiger partial charge in [0, 0.05) is 44.1 Å². The quantitative estimate of drug-likeness (QED) is 0.642. The molecule has 1 aliphatic rings. The van der Waals surface area contributed by atoms with Gasteiger partial charge in [-0.2, -0.15) is 5.10 Å². The Kier molecular flexibility index (Phi) is 4.86. The van der Waals surface area contributed by atoms with Crippen molar-refractivity contribution in [2.45, 2.75) is 31.2 Å². The molecule has 28 heavy (non-hydrogen) atoms. The molecule has 1 aromatic carbocycles. The van der Waals surface area contributed by atoms with Gasteiger partial charge in [0.05, 0.1) is 24.0 Å². The average Bonchev–Trinajstić information content (AvgIpc) is 3.09. The van der Waals surface area contributed by atoms with Gasteiger partial charge in [0.15, 0.2) is 0 Å². The molecule has 0 aliphatic carbocycles. The highest BCUT2D eigenvalue weighted by Gasteiger charge is 2.23. The van der Waals surface area contributed by atoms with Gasteiger partial charge >= 0.3 is 0 Å². The van der Waals surface area contributed by atoms with Crippen molar-refractivity contribution in [1.29, 1.82) is 0 Å². The van der Waals surface area contributed by atoms with E-state index in [9.17, 15) is 13.2 Å². The fourth-order valence-corrected chi connectivity index (χ4v) is 3.93. The summed E-state index contributed by atoms with van der Waals surface area (Å²) in [5.41, 5.74) is 2.98. The first kappa shape index (κ1) is 18.6. The molecule has 0 radical (unpaired) electrons. The highest BCUT2D eigenvalue weighted by Crippen LogP contribution is 2.17. The molecule has 0 spiro atoms. The molecule has 1 N–H and O–H groups in total. The van der Waals surface area contributed by atoms with Crippen LogP contribution < -0.4 is 5.56 Å². The van der Waals surface area contributed by atoms with Crippen molar-refractivity contribution in [2.75, 3.05) is 12.8 Å². The first-order valence-electron chi connectivity index (χ1n) is 8.98. The Labute approximate surface area is 162 Å². The van der Waals surface area contributed by atoms with Crippen LogP contribution in [0.25, 0.3) is 0 Å². The van der Waals surface area contributed by atoms with E-state index in [4.69, 9.17) is 0 Å². The van der Waals surface area contributed by atoms with Gasteiger partial charge in [0.25, 0.3) is 5.56 Å². The molecule has 8 nitrogen and oxygen atoms in total. The summed E-state index contributed by atoms with van der Waals surface area (Å²) in [5, 5.41) is 4.16. The van der Waals surface area contributed by atoms with E-state index in [0.29, 0.717) is 43.9 Å². The third-order valence-electron chi connectivity index (χ3n) is 4.76. The Morgan fingerprint density at radius 2 is 1.93 bits per heavy atom. The summed E-state index contributed by atoms with van der Waals surface area (Å²) < 4.78 is 25.2. The molecule has 3 heterocycles. The lowest BCUT2D eigenvalue weighted by Gasteiger charge is -2.27. The molecule has 9 heteroatoms. The minimum Gasteiger partial charge on any atom is -0.297 e. The fourth-order valence-electron chi connectivity index (χ4n) is 3.37. The molecular formula is C19H21N5O3S. The van der Waals surface area contributed by atoms with Gasteiger partial charge < -0.3 is 0 Å². The molecule has 0 atom stereocenters.